The summed E-state index contributed by atoms with van der Waals surface area (Å²) in [5.74, 6) is -0.935. The highest BCUT2D eigenvalue weighted by atomic mass is 32.1. The Morgan fingerprint density at radius 2 is 1.72 bits per heavy atom. The number of nitrogen functional groups attached to an aromatic ring is 1. The van der Waals surface area contributed by atoms with Crippen LogP contribution >= 0.6 is 11.3 Å². The summed E-state index contributed by atoms with van der Waals surface area (Å²) >= 11 is 1.58. The van der Waals surface area contributed by atoms with E-state index in [0.29, 0.717) is 43.1 Å². The van der Waals surface area contributed by atoms with Gasteiger partial charge in [0.15, 0.2) is 5.82 Å². The van der Waals surface area contributed by atoms with Crippen molar-refractivity contribution >= 4 is 40.6 Å². The summed E-state index contributed by atoms with van der Waals surface area (Å²) in [4.78, 5) is 51.8. The summed E-state index contributed by atoms with van der Waals surface area (Å²) in [6.07, 6.45) is -0.742. The second-order valence-corrected chi connectivity index (χ2v) is 14.9. The molecule has 0 bridgehead atoms. The lowest BCUT2D eigenvalue weighted by Crippen LogP contribution is -2.57. The van der Waals surface area contributed by atoms with Crippen LogP contribution in [-0.2, 0) is 14.4 Å². The first-order valence-electron chi connectivity index (χ1n) is 17.9. The molecule has 6 N–H and O–H groups in total. The lowest BCUT2D eigenvalue weighted by atomic mass is 10.0. The molecule has 2 unspecified atom stereocenters. The molecule has 0 aliphatic carbocycles. The van der Waals surface area contributed by atoms with Gasteiger partial charge in [-0.15, -0.1) is 21.5 Å². The number of para-hydroxylation sites is 1. The number of rotatable bonds is 11. The number of aryl methyl sites for hydroxylation is 1. The maximum atomic E-state index is 13.9. The van der Waals surface area contributed by atoms with E-state index in [4.69, 9.17) is 5.73 Å². The Kier molecular flexibility index (Phi) is 11.6. The van der Waals surface area contributed by atoms with Crippen LogP contribution in [0.1, 0.15) is 44.5 Å². The average Bonchev–Trinajstić information content (AvgIpc) is 3.76. The van der Waals surface area contributed by atoms with Gasteiger partial charge < -0.3 is 36.4 Å². The zero-order valence-corrected chi connectivity index (χ0v) is 31.2. The number of aliphatic hydroxyl groups excluding tert-OH is 1. The molecule has 2 fully saturated rings. The zero-order chi connectivity index (χ0) is 37.8. The molecule has 3 amide bonds. The molecular formula is C38H47N9O5S. The van der Waals surface area contributed by atoms with Crippen molar-refractivity contribution in [3.63, 3.8) is 0 Å². The number of phenolic OH excluding ortho intramolecular Hbond substituents is 1. The number of hydrogen-bond donors (Lipinski definition) is 5. The number of anilines is 2. The number of nitrogens with two attached hydrogens (primary N) is 1. The largest absolute Gasteiger partial charge is 0.507 e. The number of hydrogen-bond acceptors (Lipinski definition) is 12. The molecule has 2 aromatic carbocycles. The fourth-order valence-corrected chi connectivity index (χ4v) is 7.74. The van der Waals surface area contributed by atoms with Gasteiger partial charge in [0.25, 0.3) is 0 Å². The third-order valence-corrected chi connectivity index (χ3v) is 10.9. The van der Waals surface area contributed by atoms with Gasteiger partial charge >= 0.3 is 0 Å². The molecule has 2 saturated heterocycles. The number of amides is 3. The van der Waals surface area contributed by atoms with E-state index >= 15 is 0 Å². The highest BCUT2D eigenvalue weighted by Crippen LogP contribution is 2.32. The Bertz CT molecular complexity index is 1930. The van der Waals surface area contributed by atoms with E-state index in [1.54, 1.807) is 29.5 Å². The number of nitrogens with zero attached hydrogens (tertiary/aromatic N) is 6. The number of carbonyl (C=O) groups is 3. The first kappa shape index (κ1) is 37.6. The van der Waals surface area contributed by atoms with Gasteiger partial charge in [0.1, 0.15) is 17.8 Å². The summed E-state index contributed by atoms with van der Waals surface area (Å²) in [5, 5.41) is 35.1. The molecule has 2 aliphatic rings. The number of aliphatic hydroxyl groups is 1. The van der Waals surface area contributed by atoms with Crippen LogP contribution in [0, 0.1) is 12.8 Å². The average molecular weight is 742 g/mol. The number of β-amino-alcohol motifs (C(OH)–C–C–N with tert-alkyl or cyclic N) is 1. The first-order chi connectivity index (χ1) is 25.4. The van der Waals surface area contributed by atoms with E-state index < -0.39 is 24.1 Å². The quantitative estimate of drug-likeness (QED) is 0.152. The van der Waals surface area contributed by atoms with Gasteiger partial charge in [0, 0.05) is 44.7 Å². The maximum Gasteiger partial charge on any atom is 0.246 e. The molecule has 2 aromatic heterocycles. The van der Waals surface area contributed by atoms with Crippen molar-refractivity contribution < 1.29 is 24.6 Å². The highest BCUT2D eigenvalue weighted by Gasteiger charge is 2.42. The van der Waals surface area contributed by atoms with Gasteiger partial charge in [-0.1, -0.05) is 50.2 Å². The lowest BCUT2D eigenvalue weighted by molar-refractivity contribution is -0.142. The first-order valence-corrected chi connectivity index (χ1v) is 18.7. The third kappa shape index (κ3) is 8.58. The molecule has 0 spiro atoms. The number of aromatic hydroxyl groups is 1. The number of benzene rings is 2. The van der Waals surface area contributed by atoms with Crippen molar-refractivity contribution in [2.45, 2.75) is 58.3 Å². The molecule has 4 aromatic rings. The highest BCUT2D eigenvalue weighted by molar-refractivity contribution is 7.13. The maximum absolute atomic E-state index is 13.9. The molecule has 14 nitrogen and oxygen atoms in total. The Labute approximate surface area is 313 Å². The molecule has 0 radical (unpaired) electrons. The van der Waals surface area contributed by atoms with Crippen LogP contribution in [-0.4, -0.2) is 110 Å². The molecule has 15 heteroatoms. The van der Waals surface area contributed by atoms with E-state index in [1.807, 2.05) is 74.5 Å². The minimum atomic E-state index is -0.875. The summed E-state index contributed by atoms with van der Waals surface area (Å²) in [6.45, 7) is 9.92. The fraction of sp³-hybridized carbons (Fsp3) is 0.421. The van der Waals surface area contributed by atoms with Gasteiger partial charge in [0.2, 0.25) is 17.7 Å². The number of phenols is 1. The van der Waals surface area contributed by atoms with Crippen LogP contribution in [0.4, 0.5) is 11.5 Å². The monoisotopic (exact) mass is 741 g/mol. The van der Waals surface area contributed by atoms with Gasteiger partial charge in [-0.2, -0.15) is 0 Å². The number of thiazole rings is 1. The number of carbonyl (C=O) groups excluding carboxylic acids is 3. The van der Waals surface area contributed by atoms with Crippen molar-refractivity contribution in [2.75, 3.05) is 49.9 Å². The van der Waals surface area contributed by atoms with Crippen LogP contribution in [0.2, 0.25) is 0 Å². The summed E-state index contributed by atoms with van der Waals surface area (Å²) in [7, 11) is 0. The Balaban J connectivity index is 1.04. The van der Waals surface area contributed by atoms with Crippen molar-refractivity contribution in [1.82, 2.24) is 35.6 Å². The zero-order valence-electron chi connectivity index (χ0n) is 30.4. The van der Waals surface area contributed by atoms with Gasteiger partial charge in [0.05, 0.1) is 46.2 Å². The van der Waals surface area contributed by atoms with Crippen LogP contribution in [0.15, 0.2) is 60.1 Å². The van der Waals surface area contributed by atoms with E-state index in [1.165, 1.54) is 4.90 Å². The molecule has 6 rings (SSSR count). The predicted molar refractivity (Wildman–Crippen MR) is 204 cm³/mol. The van der Waals surface area contributed by atoms with E-state index in [9.17, 15) is 24.6 Å². The number of nitrogens with one attached hydrogen (secondary N) is 2. The molecule has 280 valence electrons. The lowest BCUT2D eigenvalue weighted by Gasteiger charge is -2.36. The van der Waals surface area contributed by atoms with Crippen molar-refractivity contribution in [3.05, 3.63) is 71.4 Å². The molecule has 4 heterocycles. The Morgan fingerprint density at radius 3 is 2.38 bits per heavy atom. The molecular weight excluding hydrogens is 695 g/mol. The Morgan fingerprint density at radius 1 is 1.00 bits per heavy atom. The second kappa shape index (κ2) is 16.3. The van der Waals surface area contributed by atoms with Crippen LogP contribution < -0.4 is 21.3 Å². The normalized spacial score (nSPS) is 18.9. The van der Waals surface area contributed by atoms with E-state index in [0.717, 1.165) is 21.7 Å². The van der Waals surface area contributed by atoms with Gasteiger partial charge in [-0.05, 0) is 49.1 Å². The molecule has 53 heavy (non-hydrogen) atoms. The van der Waals surface area contributed by atoms with Crippen LogP contribution in [0.25, 0.3) is 21.7 Å². The van der Waals surface area contributed by atoms with Crippen molar-refractivity contribution in [3.8, 4) is 27.4 Å². The Hall–Kier alpha value is -5.12. The number of likely N-dealkylation sites (tertiary alicyclic amines) is 1. The third-order valence-electron chi connectivity index (χ3n) is 9.95. The molecule has 2 aliphatic heterocycles. The van der Waals surface area contributed by atoms with E-state index in [-0.39, 0.29) is 54.9 Å². The minimum Gasteiger partial charge on any atom is -0.507 e. The smallest absolute Gasteiger partial charge is 0.246 e. The second-order valence-electron chi connectivity index (χ2n) is 14.1. The van der Waals surface area contributed by atoms with Crippen LogP contribution in [0.3, 0.4) is 0 Å². The molecule has 0 saturated carbocycles. The van der Waals surface area contributed by atoms with Gasteiger partial charge in [-0.25, -0.2) is 4.98 Å². The SMILES string of the molecule is Cc1ncsc1-c1ccc(C(C)NC(=O)[C@@H]2C[C@@H](O)CN2C(=O)C(NC(=O)CN2CCN(c3cc(-c4ccccc4O)nnc3N)CC2)C(C)C)cc1. The number of aromatic nitrogens is 3. The van der Waals surface area contributed by atoms with Crippen LogP contribution in [0.5, 0.6) is 5.75 Å². The minimum absolute atomic E-state index is 0.00778. The van der Waals surface area contributed by atoms with E-state index in [2.05, 4.69) is 30.7 Å². The van der Waals surface area contributed by atoms with Crippen molar-refractivity contribution in [2.24, 2.45) is 5.92 Å². The number of piperazine rings is 1. The van der Waals surface area contributed by atoms with Gasteiger partial charge in [-0.3, -0.25) is 19.3 Å². The topological polar surface area (TPSA) is 190 Å². The summed E-state index contributed by atoms with van der Waals surface area (Å²) in [6, 6.07) is 14.6. The summed E-state index contributed by atoms with van der Waals surface area (Å²) < 4.78 is 0. The summed E-state index contributed by atoms with van der Waals surface area (Å²) in [5.41, 5.74) is 12.7. The fourth-order valence-electron chi connectivity index (χ4n) is 6.93. The standard InChI is InChI=1S/C38H47N9O5S/c1-22(2)34(42-33(50)20-45-13-15-46(16-14-45)30-18-29(43-44-36(30)39)28-7-5-6-8-32(28)49)38(52)47-19-27(48)17-31(47)37(51)41-23(3)25-9-11-26(12-10-25)35-24(4)40-21-53-35/h5-12,18,21-23,27,31,34,48-49H,13-17,19-20H2,1-4H3,(H2,39,44)(H,41,51)(H,42,50)/t23?,27-,31+,34?/m1/s1. The van der Waals surface area contributed by atoms with Crippen molar-refractivity contribution in [1.29, 1.82) is 0 Å². The molecule has 4 atom stereocenters. The predicted octanol–water partition coefficient (Wildman–Crippen LogP) is 2.97.